The van der Waals surface area contributed by atoms with Crippen molar-refractivity contribution in [2.75, 3.05) is 0 Å². The zero-order valence-corrected chi connectivity index (χ0v) is 36.5. The predicted molar refractivity (Wildman–Crippen MR) is 220 cm³/mol. The van der Waals surface area contributed by atoms with E-state index in [9.17, 15) is 0 Å². The number of fused-ring (bicyclic) bond motifs is 2. The van der Waals surface area contributed by atoms with Crippen LogP contribution in [0.1, 0.15) is 103 Å². The summed E-state index contributed by atoms with van der Waals surface area (Å²) in [7, 11) is 0. The van der Waals surface area contributed by atoms with E-state index < -0.39 is 19.2 Å². The molecule has 0 saturated carbocycles. The van der Waals surface area contributed by atoms with E-state index in [1.807, 2.05) is 22.7 Å². The van der Waals surface area contributed by atoms with Crippen molar-refractivity contribution in [3.05, 3.63) is 162 Å². The first-order valence-electron chi connectivity index (χ1n) is 18.2. The molecule has 8 rings (SSSR count). The molecule has 53 heavy (non-hydrogen) atoms. The van der Waals surface area contributed by atoms with Crippen LogP contribution in [0, 0.1) is 13.8 Å². The van der Waals surface area contributed by atoms with Gasteiger partial charge in [-0.25, -0.2) is 0 Å². The van der Waals surface area contributed by atoms with Crippen LogP contribution in [0.5, 0.6) is 0 Å². The Morgan fingerprint density at radius 2 is 0.849 bits per heavy atom. The maximum atomic E-state index is 2.56. The van der Waals surface area contributed by atoms with Gasteiger partial charge in [0.25, 0.3) is 0 Å². The Hall–Kier alpha value is -2.95. The van der Waals surface area contributed by atoms with E-state index in [-0.39, 0.29) is 35.6 Å². The molecule has 2 aromatic heterocycles. The molecule has 0 spiro atoms. The average Bonchev–Trinajstić information content (AvgIpc) is 3.90. The normalized spacial score (nSPS) is 16.2. The Labute approximate surface area is 346 Å². The van der Waals surface area contributed by atoms with Gasteiger partial charge in [0.05, 0.1) is 0 Å². The van der Waals surface area contributed by atoms with Gasteiger partial charge in [-0.3, -0.25) is 0 Å². The van der Waals surface area contributed by atoms with Gasteiger partial charge < -0.3 is 24.8 Å². The monoisotopic (exact) mass is 804 g/mol. The van der Waals surface area contributed by atoms with E-state index >= 15 is 0 Å². The summed E-state index contributed by atoms with van der Waals surface area (Å²) in [6, 6.07) is 42.2. The minimum Gasteiger partial charge on any atom is -1.00 e. The first kappa shape index (κ1) is 39.7. The van der Waals surface area contributed by atoms with Crippen LogP contribution in [0.2, 0.25) is 0 Å². The molecule has 0 radical (unpaired) electrons. The second kappa shape index (κ2) is 15.3. The number of benzene rings is 4. The van der Waals surface area contributed by atoms with Crippen LogP contribution in [0.15, 0.2) is 109 Å². The molecule has 0 saturated heterocycles. The first-order chi connectivity index (χ1) is 24.3. The van der Waals surface area contributed by atoms with Crippen molar-refractivity contribution in [3.8, 4) is 22.3 Å². The number of aryl methyl sites for hydroxylation is 2. The zero-order chi connectivity index (χ0) is 35.7. The molecule has 6 aromatic rings. The van der Waals surface area contributed by atoms with Crippen molar-refractivity contribution in [2.24, 2.45) is 0 Å². The summed E-state index contributed by atoms with van der Waals surface area (Å²) in [6.07, 6.45) is 5.12. The third-order valence-electron chi connectivity index (χ3n) is 10.6. The average molecular weight is 806 g/mol. The molecule has 0 fully saturated rings. The van der Waals surface area contributed by atoms with Crippen LogP contribution in [0.3, 0.4) is 0 Å². The number of rotatable bonds is 6. The smallest absolute Gasteiger partial charge is 1.00 e. The fraction of sp³-hybridized carbons (Fsp3) is 0.250. The maximum absolute atomic E-state index is 2.56. The Bertz CT molecular complexity index is 2160. The minimum atomic E-state index is -0.601. The number of allylic oxidation sites excluding steroid dienone is 2. The largest absolute Gasteiger partial charge is 1.00 e. The van der Waals surface area contributed by atoms with Gasteiger partial charge in [-0.05, 0) is 0 Å². The molecule has 4 aromatic carbocycles. The Balaban J connectivity index is 0.00000240. The number of thiophene rings is 2. The number of hydrogen-bond donors (Lipinski definition) is 0. The molecule has 0 N–H and O–H groups in total. The summed E-state index contributed by atoms with van der Waals surface area (Å²) in [5.41, 5.74) is 17.2. The van der Waals surface area contributed by atoms with Crippen LogP contribution in [0.25, 0.3) is 45.6 Å². The third kappa shape index (κ3) is 7.66. The standard InChI is InChI=1S/2C24H23S.2ClH.Ti/c2*1-16-8-13-23(25-16)19-14-18-6-5-7-21(22(18)15-19)17-9-11-20(12-10-17)24(2,3)4;;;/h2*5-15H,1-4H3;2*1H;/q;;;;+2/p-2. The molecule has 268 valence electrons. The molecule has 0 aliphatic heterocycles. The van der Waals surface area contributed by atoms with Gasteiger partial charge in [-0.15, -0.1) is 0 Å². The Morgan fingerprint density at radius 3 is 1.17 bits per heavy atom. The van der Waals surface area contributed by atoms with E-state index in [1.54, 1.807) is 0 Å². The molecule has 2 unspecified atom stereocenters. The van der Waals surface area contributed by atoms with Crippen molar-refractivity contribution < 1.29 is 44.0 Å². The van der Waals surface area contributed by atoms with Crippen molar-refractivity contribution in [3.63, 3.8) is 0 Å². The molecule has 2 aliphatic carbocycles. The van der Waals surface area contributed by atoms with E-state index in [0.29, 0.717) is 8.45 Å². The van der Waals surface area contributed by atoms with Gasteiger partial charge in [-0.1, -0.05) is 0 Å². The van der Waals surface area contributed by atoms with E-state index in [1.165, 1.54) is 86.3 Å². The van der Waals surface area contributed by atoms with Gasteiger partial charge in [0.1, 0.15) is 0 Å². The molecule has 0 nitrogen and oxygen atoms in total. The molecule has 0 bridgehead atoms. The van der Waals surface area contributed by atoms with E-state index in [4.69, 9.17) is 0 Å². The molecular formula is C48H46Cl2S2Ti. The zero-order valence-electron chi connectivity index (χ0n) is 31.8. The van der Waals surface area contributed by atoms with Crippen LogP contribution in [-0.2, 0) is 30.0 Å². The van der Waals surface area contributed by atoms with E-state index in [0.717, 1.165) is 0 Å². The fourth-order valence-electron chi connectivity index (χ4n) is 7.74. The van der Waals surface area contributed by atoms with Crippen LogP contribution in [-0.4, -0.2) is 0 Å². The maximum Gasteiger partial charge on any atom is -1.00 e. The summed E-state index contributed by atoms with van der Waals surface area (Å²) in [5, 5.41) is 0. The molecule has 2 atom stereocenters. The van der Waals surface area contributed by atoms with Crippen LogP contribution >= 0.6 is 22.7 Å². The van der Waals surface area contributed by atoms with Crippen LogP contribution < -0.4 is 24.8 Å². The van der Waals surface area contributed by atoms with Crippen molar-refractivity contribution >= 4 is 46.0 Å². The molecule has 0 amide bonds. The van der Waals surface area contributed by atoms with E-state index in [2.05, 4.69) is 177 Å². The summed E-state index contributed by atoms with van der Waals surface area (Å²) in [4.78, 5) is 5.60. The quantitative estimate of drug-likeness (QED) is 0.149. The third-order valence-corrected chi connectivity index (χ3v) is 15.7. The number of hydrogen-bond acceptors (Lipinski definition) is 2. The second-order valence-electron chi connectivity index (χ2n) is 16.3. The van der Waals surface area contributed by atoms with Gasteiger partial charge in [0.15, 0.2) is 0 Å². The Morgan fingerprint density at radius 1 is 0.472 bits per heavy atom. The fourth-order valence-corrected chi connectivity index (χ4v) is 13.1. The Kier molecular flexibility index (Phi) is 11.5. The van der Waals surface area contributed by atoms with Crippen LogP contribution in [0.4, 0.5) is 0 Å². The number of halogens is 2. The van der Waals surface area contributed by atoms with Gasteiger partial charge in [-0.2, -0.15) is 0 Å². The van der Waals surface area contributed by atoms with Crippen molar-refractivity contribution in [2.45, 2.75) is 74.7 Å². The van der Waals surface area contributed by atoms with Gasteiger partial charge >= 0.3 is 324 Å². The summed E-state index contributed by atoms with van der Waals surface area (Å²) in [6.45, 7) is 18.2. The predicted octanol–water partition coefficient (Wildman–Crippen LogP) is 8.34. The van der Waals surface area contributed by atoms with Crippen molar-refractivity contribution in [1.82, 2.24) is 0 Å². The SMILES string of the molecule is Cc1ccc(C2=Cc3c(-c4ccc(C(C)(C)C)cc4)cccc3[CH]2[Ti+2][CH]2C(c3ccc(C)s3)=Cc3c(-c4ccc(C(C)(C)C)cc4)cccc32)s1.[Cl-].[Cl-]. The molecule has 2 heterocycles. The van der Waals surface area contributed by atoms with Gasteiger partial charge in [0, 0.05) is 0 Å². The van der Waals surface area contributed by atoms with Crippen molar-refractivity contribution in [1.29, 1.82) is 0 Å². The molecule has 5 heteroatoms. The minimum absolute atomic E-state index is 0. The molecule has 2 aliphatic rings. The topological polar surface area (TPSA) is 0 Å². The van der Waals surface area contributed by atoms with Gasteiger partial charge in [0.2, 0.25) is 0 Å². The first-order valence-corrected chi connectivity index (χ1v) is 21.6. The summed E-state index contributed by atoms with van der Waals surface area (Å²) in [5.74, 6) is 0. The summed E-state index contributed by atoms with van der Waals surface area (Å²) >= 11 is 3.30. The summed E-state index contributed by atoms with van der Waals surface area (Å²) < 4.78 is 0.837. The second-order valence-corrected chi connectivity index (χ2v) is 21.2. The molecular weight excluding hydrogens is 759 g/mol.